The molecule has 96 valence electrons. The van der Waals surface area contributed by atoms with Crippen molar-refractivity contribution in [3.05, 3.63) is 35.0 Å². The molecule has 1 aromatic carbocycles. The number of rotatable bonds is 3. The summed E-state index contributed by atoms with van der Waals surface area (Å²) in [4.78, 5) is 0. The van der Waals surface area contributed by atoms with Gasteiger partial charge in [-0.25, -0.2) is 4.68 Å². The molecule has 0 saturated carbocycles. The Balaban J connectivity index is 2.39. The minimum absolute atomic E-state index is 0.719. The number of nitrogens with two attached hydrogens (primary N) is 1. The lowest BCUT2D eigenvalue weighted by Crippen LogP contribution is -2.04. The molecule has 18 heavy (non-hydrogen) atoms. The Morgan fingerprint density at radius 1 is 1.17 bits per heavy atom. The van der Waals surface area contributed by atoms with E-state index in [0.717, 1.165) is 29.4 Å². The Bertz CT molecular complexity index is 549. The predicted molar refractivity (Wildman–Crippen MR) is 76.2 cm³/mol. The molecule has 0 atom stereocenters. The van der Waals surface area contributed by atoms with Crippen LogP contribution in [-0.2, 0) is 6.54 Å². The summed E-state index contributed by atoms with van der Waals surface area (Å²) >= 11 is 0. The molecule has 4 heteroatoms. The van der Waals surface area contributed by atoms with Crippen molar-refractivity contribution in [3.63, 3.8) is 0 Å². The number of hydrogen-bond donors (Lipinski definition) is 2. The zero-order chi connectivity index (χ0) is 13.3. The van der Waals surface area contributed by atoms with E-state index < -0.39 is 0 Å². The lowest BCUT2D eigenvalue weighted by Gasteiger charge is -2.11. The molecule has 2 rings (SSSR count). The number of hydrogen-bond acceptors (Lipinski definition) is 3. The normalized spacial score (nSPS) is 10.7. The first-order chi connectivity index (χ1) is 8.51. The summed E-state index contributed by atoms with van der Waals surface area (Å²) in [6.07, 6.45) is 0. The van der Waals surface area contributed by atoms with Crippen molar-refractivity contribution in [1.82, 2.24) is 9.78 Å². The van der Waals surface area contributed by atoms with Crippen LogP contribution in [0.2, 0.25) is 0 Å². The molecule has 1 heterocycles. The first-order valence-electron chi connectivity index (χ1n) is 6.19. The van der Waals surface area contributed by atoms with Crippen LogP contribution < -0.4 is 11.1 Å². The van der Waals surface area contributed by atoms with E-state index in [9.17, 15) is 0 Å². The molecule has 0 fully saturated rings. The lowest BCUT2D eigenvalue weighted by atomic mass is 10.1. The zero-order valence-corrected chi connectivity index (χ0v) is 11.4. The van der Waals surface area contributed by atoms with Crippen LogP contribution in [-0.4, -0.2) is 9.78 Å². The Labute approximate surface area is 108 Å². The van der Waals surface area contributed by atoms with Crippen molar-refractivity contribution in [2.75, 3.05) is 11.1 Å². The fourth-order valence-electron chi connectivity index (χ4n) is 2.14. The molecule has 3 N–H and O–H groups in total. The Morgan fingerprint density at radius 2 is 1.78 bits per heavy atom. The third kappa shape index (κ3) is 2.32. The van der Waals surface area contributed by atoms with Gasteiger partial charge in [-0.2, -0.15) is 5.10 Å². The number of aryl methyl sites for hydroxylation is 4. The number of nitrogen functional groups attached to an aromatic ring is 1. The second-order valence-electron chi connectivity index (χ2n) is 4.66. The van der Waals surface area contributed by atoms with Gasteiger partial charge < -0.3 is 11.1 Å². The highest BCUT2D eigenvalue weighted by Gasteiger charge is 2.11. The highest BCUT2D eigenvalue weighted by molar-refractivity contribution is 5.71. The summed E-state index contributed by atoms with van der Waals surface area (Å²) in [7, 11) is 0. The second-order valence-corrected chi connectivity index (χ2v) is 4.66. The highest BCUT2D eigenvalue weighted by Crippen LogP contribution is 2.26. The SMILES string of the molecule is CCn1nc(C)c(N)c1Nc1cc(C)cc(C)c1. The van der Waals surface area contributed by atoms with Gasteiger partial charge in [0.1, 0.15) is 0 Å². The monoisotopic (exact) mass is 244 g/mol. The topological polar surface area (TPSA) is 55.9 Å². The van der Waals surface area contributed by atoms with E-state index in [1.54, 1.807) is 0 Å². The van der Waals surface area contributed by atoms with Gasteiger partial charge in [-0.3, -0.25) is 0 Å². The number of nitrogens with zero attached hydrogens (tertiary/aromatic N) is 2. The third-order valence-corrected chi connectivity index (χ3v) is 2.96. The highest BCUT2D eigenvalue weighted by atomic mass is 15.3. The van der Waals surface area contributed by atoms with Gasteiger partial charge in [0.25, 0.3) is 0 Å². The molecule has 0 bridgehead atoms. The molecule has 0 aliphatic heterocycles. The zero-order valence-electron chi connectivity index (χ0n) is 11.4. The van der Waals surface area contributed by atoms with E-state index >= 15 is 0 Å². The van der Waals surface area contributed by atoms with E-state index in [1.807, 2.05) is 11.6 Å². The average Bonchev–Trinajstić information content (AvgIpc) is 2.55. The molecule has 0 unspecified atom stereocenters. The molecule has 1 aromatic heterocycles. The molecule has 0 aliphatic carbocycles. The summed E-state index contributed by atoms with van der Waals surface area (Å²) in [5, 5.41) is 7.77. The summed E-state index contributed by atoms with van der Waals surface area (Å²) in [5.74, 6) is 0.875. The van der Waals surface area contributed by atoms with Gasteiger partial charge in [-0.15, -0.1) is 0 Å². The third-order valence-electron chi connectivity index (χ3n) is 2.96. The van der Waals surface area contributed by atoms with Gasteiger partial charge >= 0.3 is 0 Å². The van der Waals surface area contributed by atoms with E-state index in [0.29, 0.717) is 0 Å². The fourth-order valence-corrected chi connectivity index (χ4v) is 2.14. The Kier molecular flexibility index (Phi) is 3.28. The van der Waals surface area contributed by atoms with Crippen molar-refractivity contribution >= 4 is 17.2 Å². The maximum Gasteiger partial charge on any atom is 0.152 e. The average molecular weight is 244 g/mol. The molecular formula is C14H20N4. The van der Waals surface area contributed by atoms with Crippen LogP contribution >= 0.6 is 0 Å². The van der Waals surface area contributed by atoms with E-state index in [2.05, 4.69) is 49.4 Å². The Hall–Kier alpha value is -1.97. The first kappa shape index (κ1) is 12.5. The van der Waals surface area contributed by atoms with Gasteiger partial charge in [0, 0.05) is 12.2 Å². The number of aromatic nitrogens is 2. The van der Waals surface area contributed by atoms with Crippen LogP contribution in [0.15, 0.2) is 18.2 Å². The molecule has 2 aromatic rings. The summed E-state index contributed by atoms with van der Waals surface area (Å²) in [6.45, 7) is 8.95. The largest absolute Gasteiger partial charge is 0.394 e. The smallest absolute Gasteiger partial charge is 0.152 e. The summed E-state index contributed by atoms with van der Waals surface area (Å²) in [6, 6.07) is 6.36. The second kappa shape index (κ2) is 4.72. The minimum Gasteiger partial charge on any atom is -0.394 e. The van der Waals surface area contributed by atoms with E-state index in [-0.39, 0.29) is 0 Å². The molecular weight excluding hydrogens is 224 g/mol. The number of anilines is 3. The molecule has 4 nitrogen and oxygen atoms in total. The predicted octanol–water partition coefficient (Wildman–Crippen LogP) is 3.15. The van der Waals surface area contributed by atoms with Crippen molar-refractivity contribution in [3.8, 4) is 0 Å². The number of benzene rings is 1. The maximum atomic E-state index is 6.06. The van der Waals surface area contributed by atoms with Gasteiger partial charge in [0.15, 0.2) is 5.82 Å². The molecule has 0 radical (unpaired) electrons. The van der Waals surface area contributed by atoms with Gasteiger partial charge in [0.2, 0.25) is 0 Å². The van der Waals surface area contributed by atoms with Crippen LogP contribution in [0.1, 0.15) is 23.7 Å². The van der Waals surface area contributed by atoms with Crippen LogP contribution in [0.25, 0.3) is 0 Å². The van der Waals surface area contributed by atoms with E-state index in [1.165, 1.54) is 11.1 Å². The van der Waals surface area contributed by atoms with Gasteiger partial charge in [-0.1, -0.05) is 6.07 Å². The molecule has 0 amide bonds. The lowest BCUT2D eigenvalue weighted by molar-refractivity contribution is 0.661. The van der Waals surface area contributed by atoms with Crippen molar-refractivity contribution < 1.29 is 0 Å². The van der Waals surface area contributed by atoms with Gasteiger partial charge in [-0.05, 0) is 51.0 Å². The standard InChI is InChI=1S/C14H20N4/c1-5-18-14(13(15)11(4)17-18)16-12-7-9(2)6-10(3)8-12/h6-8,16H,5,15H2,1-4H3. The summed E-state index contributed by atoms with van der Waals surface area (Å²) < 4.78 is 1.89. The van der Waals surface area contributed by atoms with Crippen molar-refractivity contribution in [2.45, 2.75) is 34.2 Å². The van der Waals surface area contributed by atoms with Crippen LogP contribution in [0.3, 0.4) is 0 Å². The maximum absolute atomic E-state index is 6.06. The number of nitrogens with one attached hydrogen (secondary N) is 1. The fraction of sp³-hybridized carbons (Fsp3) is 0.357. The summed E-state index contributed by atoms with van der Waals surface area (Å²) in [5.41, 5.74) is 11.2. The van der Waals surface area contributed by atoms with Crippen LogP contribution in [0.4, 0.5) is 17.2 Å². The first-order valence-corrected chi connectivity index (χ1v) is 6.19. The molecule has 0 spiro atoms. The van der Waals surface area contributed by atoms with Gasteiger partial charge in [0.05, 0.1) is 11.4 Å². The van der Waals surface area contributed by atoms with Crippen LogP contribution in [0.5, 0.6) is 0 Å². The van der Waals surface area contributed by atoms with E-state index in [4.69, 9.17) is 5.73 Å². The van der Waals surface area contributed by atoms with Crippen LogP contribution in [0, 0.1) is 20.8 Å². The Morgan fingerprint density at radius 3 is 2.33 bits per heavy atom. The molecule has 0 saturated heterocycles. The van der Waals surface area contributed by atoms with Crippen molar-refractivity contribution in [2.24, 2.45) is 0 Å². The molecule has 0 aliphatic rings. The van der Waals surface area contributed by atoms with Crippen molar-refractivity contribution in [1.29, 1.82) is 0 Å². The minimum atomic E-state index is 0.719. The quantitative estimate of drug-likeness (QED) is 0.872.